The minimum Gasteiger partial charge on any atom is -0.433 e. The lowest BCUT2D eigenvalue weighted by Crippen LogP contribution is -2.46. The number of nitrogens with one attached hydrogen (secondary N) is 1. The summed E-state index contributed by atoms with van der Waals surface area (Å²) in [5.74, 6) is -0.673. The van der Waals surface area contributed by atoms with Crippen molar-refractivity contribution in [1.29, 1.82) is 0 Å². The number of amides is 1. The molecule has 11 heteroatoms. The number of nitrogens with zero attached hydrogens (tertiary/aromatic N) is 2. The van der Waals surface area contributed by atoms with Crippen LogP contribution in [0.15, 0.2) is 41.5 Å². The van der Waals surface area contributed by atoms with Crippen LogP contribution in [-0.4, -0.2) is 35.0 Å². The Kier molecular flexibility index (Phi) is 6.05. The summed E-state index contributed by atoms with van der Waals surface area (Å²) in [4.78, 5) is 20.8. The Morgan fingerprint density at radius 3 is 2.94 bits per heavy atom. The van der Waals surface area contributed by atoms with Crippen LogP contribution >= 0.6 is 11.8 Å². The Morgan fingerprint density at radius 2 is 2.19 bits per heavy atom. The monoisotopic (exact) mass is 452 g/mol. The van der Waals surface area contributed by atoms with E-state index >= 15 is 0 Å². The Labute approximate surface area is 180 Å². The van der Waals surface area contributed by atoms with Gasteiger partial charge >= 0.3 is 6.61 Å². The highest BCUT2D eigenvalue weighted by Crippen LogP contribution is 2.47. The minimum absolute atomic E-state index is 0.0196. The third kappa shape index (κ3) is 4.47. The van der Waals surface area contributed by atoms with Crippen molar-refractivity contribution >= 4 is 28.5 Å². The molecule has 3 N–H and O–H groups in total. The first-order valence-corrected chi connectivity index (χ1v) is 10.5. The number of ether oxygens (including phenoxy) is 2. The van der Waals surface area contributed by atoms with Gasteiger partial charge in [0, 0.05) is 29.5 Å². The number of halogens is 3. The van der Waals surface area contributed by atoms with Gasteiger partial charge in [-0.25, -0.2) is 14.4 Å². The number of rotatable bonds is 5. The molecule has 0 spiro atoms. The number of pyridine rings is 1. The molecule has 0 unspecified atom stereocenters. The number of aliphatic imine (C=N–C) groups is 1. The van der Waals surface area contributed by atoms with Crippen molar-refractivity contribution in [2.24, 2.45) is 16.6 Å². The van der Waals surface area contributed by atoms with Crippen molar-refractivity contribution in [2.75, 3.05) is 17.7 Å². The quantitative estimate of drug-likeness (QED) is 0.718. The van der Waals surface area contributed by atoms with Gasteiger partial charge < -0.3 is 20.5 Å². The Bertz CT molecular complexity index is 1010. The topological polar surface area (TPSA) is 98.8 Å². The number of benzene rings is 1. The van der Waals surface area contributed by atoms with Crippen molar-refractivity contribution < 1.29 is 27.4 Å². The van der Waals surface area contributed by atoms with Crippen LogP contribution < -0.4 is 15.8 Å². The van der Waals surface area contributed by atoms with E-state index in [1.165, 1.54) is 42.1 Å². The summed E-state index contributed by atoms with van der Waals surface area (Å²) < 4.78 is 49.5. The zero-order valence-electron chi connectivity index (χ0n) is 16.2. The fraction of sp³-hybridized carbons (Fsp3) is 0.350. The maximum absolute atomic E-state index is 14.9. The first kappa shape index (κ1) is 21.4. The Hall–Kier alpha value is -2.79. The molecule has 1 saturated heterocycles. The van der Waals surface area contributed by atoms with E-state index in [4.69, 9.17) is 10.5 Å². The lowest BCUT2D eigenvalue weighted by molar-refractivity contribution is -0.115. The van der Waals surface area contributed by atoms with Crippen LogP contribution in [0.5, 0.6) is 5.75 Å². The molecular weight excluding hydrogens is 433 g/mol. The minimum atomic E-state index is -2.99. The van der Waals surface area contributed by atoms with E-state index in [1.807, 2.05) is 0 Å². The lowest BCUT2D eigenvalue weighted by Gasteiger charge is -2.43. The van der Waals surface area contributed by atoms with E-state index in [0.717, 1.165) is 19.0 Å². The number of thioether (sulfide) groups is 1. The third-order valence-electron chi connectivity index (χ3n) is 5.09. The number of anilines is 1. The second-order valence-corrected chi connectivity index (χ2v) is 8.09. The molecule has 164 valence electrons. The summed E-state index contributed by atoms with van der Waals surface area (Å²) in [6, 6.07) is 6.58. The predicted octanol–water partition coefficient (Wildman–Crippen LogP) is 3.72. The molecule has 0 saturated carbocycles. The fourth-order valence-electron chi connectivity index (χ4n) is 3.69. The van der Waals surface area contributed by atoms with Gasteiger partial charge in [-0.1, -0.05) is 11.8 Å². The fourth-order valence-corrected chi connectivity index (χ4v) is 4.66. The molecule has 7 nitrogen and oxygen atoms in total. The zero-order valence-corrected chi connectivity index (χ0v) is 17.0. The van der Waals surface area contributed by atoms with E-state index < -0.39 is 24.1 Å². The van der Waals surface area contributed by atoms with Crippen molar-refractivity contribution in [3.63, 3.8) is 0 Å². The number of carbonyl (C=O) groups excluding carboxylic acids is 1. The van der Waals surface area contributed by atoms with E-state index in [2.05, 4.69) is 20.0 Å². The van der Waals surface area contributed by atoms with Crippen LogP contribution in [0.1, 0.15) is 28.9 Å². The summed E-state index contributed by atoms with van der Waals surface area (Å²) in [7, 11) is 0. The summed E-state index contributed by atoms with van der Waals surface area (Å²) >= 11 is 1.41. The third-order valence-corrected chi connectivity index (χ3v) is 6.04. The maximum Gasteiger partial charge on any atom is 0.387 e. The van der Waals surface area contributed by atoms with E-state index in [9.17, 15) is 18.0 Å². The van der Waals surface area contributed by atoms with Gasteiger partial charge in [0.25, 0.3) is 5.91 Å². The van der Waals surface area contributed by atoms with Gasteiger partial charge in [-0.2, -0.15) is 8.78 Å². The number of carbonyl (C=O) groups is 1. The summed E-state index contributed by atoms with van der Waals surface area (Å²) in [6.45, 7) is -2.57. The van der Waals surface area contributed by atoms with E-state index in [-0.39, 0.29) is 22.9 Å². The second kappa shape index (κ2) is 8.75. The molecule has 3 heterocycles. The van der Waals surface area contributed by atoms with Gasteiger partial charge in [0.2, 0.25) is 0 Å². The van der Waals surface area contributed by atoms with Gasteiger partial charge in [0.05, 0.1) is 6.20 Å². The molecule has 4 rings (SSSR count). The first-order chi connectivity index (χ1) is 14.9. The van der Waals surface area contributed by atoms with Crippen LogP contribution in [0.4, 0.5) is 18.9 Å². The molecule has 0 aliphatic carbocycles. The molecule has 2 aliphatic rings. The van der Waals surface area contributed by atoms with Crippen LogP contribution in [0.2, 0.25) is 0 Å². The van der Waals surface area contributed by atoms with Crippen LogP contribution in [-0.2, 0) is 10.5 Å². The summed E-state index contributed by atoms with van der Waals surface area (Å²) in [5, 5.41) is 2.95. The van der Waals surface area contributed by atoms with Crippen molar-refractivity contribution in [3.8, 4) is 5.75 Å². The Morgan fingerprint density at radius 1 is 1.35 bits per heavy atom. The van der Waals surface area contributed by atoms with E-state index in [1.54, 1.807) is 0 Å². The number of nitrogens with two attached hydrogens (primary N) is 1. The van der Waals surface area contributed by atoms with Gasteiger partial charge in [0.15, 0.2) is 10.9 Å². The largest absolute Gasteiger partial charge is 0.433 e. The molecule has 2 aliphatic heterocycles. The molecule has 2 atom stereocenters. The van der Waals surface area contributed by atoms with Crippen molar-refractivity contribution in [2.45, 2.75) is 25.2 Å². The highest BCUT2D eigenvalue weighted by atomic mass is 32.2. The number of alkyl halides is 2. The molecule has 0 radical (unpaired) electrons. The highest BCUT2D eigenvalue weighted by Gasteiger charge is 2.48. The average Bonchev–Trinajstić information content (AvgIpc) is 2.75. The number of aromatic nitrogens is 1. The number of fused-ring (bicyclic) bond motifs is 1. The molecule has 0 bridgehead atoms. The molecule has 1 aromatic heterocycles. The van der Waals surface area contributed by atoms with E-state index in [0.29, 0.717) is 23.2 Å². The smallest absolute Gasteiger partial charge is 0.387 e. The highest BCUT2D eigenvalue weighted by molar-refractivity contribution is 8.13. The zero-order chi connectivity index (χ0) is 22.0. The standard InChI is InChI=1S/C20H19F3N4O3S/c21-15-5-3-12(26-17(28)16-6-4-13(9-25-16)30-18(22)23)8-14(15)20-11(2-1-7-29-20)10-31-19(24)27-20/h3-6,8-9,11,18H,1-2,7,10H2,(H2,24,27)(H,26,28)/t11-,20+/m0/s1. The van der Waals surface area contributed by atoms with Crippen LogP contribution in [0.3, 0.4) is 0 Å². The van der Waals surface area contributed by atoms with Crippen LogP contribution in [0, 0.1) is 11.7 Å². The molecule has 1 aromatic carbocycles. The van der Waals surface area contributed by atoms with Crippen molar-refractivity contribution in [1.82, 2.24) is 4.98 Å². The molecule has 2 aromatic rings. The van der Waals surface area contributed by atoms with Crippen molar-refractivity contribution in [3.05, 3.63) is 53.6 Å². The number of amidine groups is 1. The van der Waals surface area contributed by atoms with Gasteiger partial charge in [-0.15, -0.1) is 0 Å². The van der Waals surface area contributed by atoms with Gasteiger partial charge in [-0.05, 0) is 43.2 Å². The van der Waals surface area contributed by atoms with Gasteiger partial charge in [-0.3, -0.25) is 4.79 Å². The summed E-state index contributed by atoms with van der Waals surface area (Å²) in [6.07, 6.45) is 2.68. The average molecular weight is 452 g/mol. The molecule has 1 amide bonds. The number of hydrogen-bond donors (Lipinski definition) is 2. The number of hydrogen-bond acceptors (Lipinski definition) is 7. The Balaban J connectivity index is 1.59. The normalized spacial score (nSPS) is 23.1. The first-order valence-electron chi connectivity index (χ1n) is 9.52. The molecule has 31 heavy (non-hydrogen) atoms. The predicted molar refractivity (Wildman–Crippen MR) is 110 cm³/mol. The van der Waals surface area contributed by atoms with Gasteiger partial charge in [0.1, 0.15) is 17.3 Å². The maximum atomic E-state index is 14.9. The summed E-state index contributed by atoms with van der Waals surface area (Å²) in [5.41, 5.74) is 5.19. The lowest BCUT2D eigenvalue weighted by atomic mass is 9.84. The molecular formula is C20H19F3N4O3S. The van der Waals surface area contributed by atoms with Crippen LogP contribution in [0.25, 0.3) is 0 Å². The SMILES string of the molecule is NC1=N[C@@]2(c3cc(NC(=O)c4ccc(OC(F)F)cn4)ccc3F)OCCC[C@H]2CS1. The molecule has 1 fully saturated rings. The second-order valence-electron chi connectivity index (χ2n) is 7.05.